The summed E-state index contributed by atoms with van der Waals surface area (Å²) in [5.74, 6) is 0. The highest BCUT2D eigenvalue weighted by Crippen LogP contribution is 2.05. The molecule has 0 saturated heterocycles. The molecule has 2 nitrogen and oxygen atoms in total. The fourth-order valence-corrected chi connectivity index (χ4v) is 1.40. The fourth-order valence-electron chi connectivity index (χ4n) is 1.40. The molecule has 1 aromatic carbocycles. The van der Waals surface area contributed by atoms with Crippen LogP contribution in [0.1, 0.15) is 25.3 Å². The molecule has 0 heterocycles. The van der Waals surface area contributed by atoms with Gasteiger partial charge in [-0.3, -0.25) is 0 Å². The van der Waals surface area contributed by atoms with Crippen LogP contribution in [0.5, 0.6) is 0 Å². The van der Waals surface area contributed by atoms with Gasteiger partial charge in [-0.25, -0.2) is 0 Å². The van der Waals surface area contributed by atoms with Crippen LogP contribution in [0.2, 0.25) is 0 Å². The number of nitrogens with one attached hydrogen (secondary N) is 1. The Kier molecular flexibility index (Phi) is 5.98. The van der Waals surface area contributed by atoms with Gasteiger partial charge in [-0.2, -0.15) is 5.26 Å². The van der Waals surface area contributed by atoms with E-state index in [0.29, 0.717) is 6.54 Å². The highest BCUT2D eigenvalue weighted by atomic mass is 14.8. The second kappa shape index (κ2) is 7.67. The van der Waals surface area contributed by atoms with Gasteiger partial charge in [0.2, 0.25) is 0 Å². The van der Waals surface area contributed by atoms with Crippen molar-refractivity contribution in [3.8, 4) is 6.07 Å². The summed E-state index contributed by atoms with van der Waals surface area (Å²) in [6, 6.07) is 12.2. The van der Waals surface area contributed by atoms with Crippen molar-refractivity contribution in [3.05, 3.63) is 41.5 Å². The second-order valence-corrected chi connectivity index (χ2v) is 3.72. The standard InChI is InChI=1S/C14H18N2/c1-2-3-9-16-12-14(11-15)10-13-7-5-4-6-8-13/h4-8,10,16H,2-3,9,12H2,1H3/b14-10+. The molecule has 84 valence electrons. The molecule has 2 heteroatoms. The van der Waals surface area contributed by atoms with Gasteiger partial charge >= 0.3 is 0 Å². The molecule has 0 spiro atoms. The van der Waals surface area contributed by atoms with E-state index < -0.39 is 0 Å². The first-order valence-electron chi connectivity index (χ1n) is 5.73. The zero-order chi connectivity index (χ0) is 11.6. The van der Waals surface area contributed by atoms with E-state index in [1.807, 2.05) is 36.4 Å². The van der Waals surface area contributed by atoms with Crippen molar-refractivity contribution < 1.29 is 0 Å². The summed E-state index contributed by atoms with van der Waals surface area (Å²) in [5.41, 5.74) is 1.86. The normalized spacial score (nSPS) is 11.1. The maximum Gasteiger partial charge on any atom is 0.0961 e. The minimum absolute atomic E-state index is 0.658. The molecule has 0 bridgehead atoms. The maximum absolute atomic E-state index is 8.99. The van der Waals surface area contributed by atoms with Crippen LogP contribution in [-0.4, -0.2) is 13.1 Å². The summed E-state index contributed by atoms with van der Waals surface area (Å²) in [7, 11) is 0. The molecular weight excluding hydrogens is 196 g/mol. The van der Waals surface area contributed by atoms with Crippen molar-refractivity contribution in [1.82, 2.24) is 5.32 Å². The van der Waals surface area contributed by atoms with E-state index in [1.165, 1.54) is 6.42 Å². The number of hydrogen-bond acceptors (Lipinski definition) is 2. The van der Waals surface area contributed by atoms with E-state index in [1.54, 1.807) is 0 Å². The van der Waals surface area contributed by atoms with E-state index >= 15 is 0 Å². The lowest BCUT2D eigenvalue weighted by atomic mass is 10.1. The van der Waals surface area contributed by atoms with Crippen LogP contribution in [0.4, 0.5) is 0 Å². The molecule has 0 unspecified atom stereocenters. The number of nitrogens with zero attached hydrogens (tertiary/aromatic N) is 1. The van der Waals surface area contributed by atoms with Crippen LogP contribution in [0.15, 0.2) is 35.9 Å². The fraction of sp³-hybridized carbons (Fsp3) is 0.357. The largest absolute Gasteiger partial charge is 0.312 e. The molecule has 1 aromatic rings. The molecule has 0 fully saturated rings. The summed E-state index contributed by atoms with van der Waals surface area (Å²) in [6.07, 6.45) is 4.26. The minimum Gasteiger partial charge on any atom is -0.312 e. The quantitative estimate of drug-likeness (QED) is 0.583. The highest BCUT2D eigenvalue weighted by Gasteiger charge is 1.95. The van der Waals surface area contributed by atoms with Crippen molar-refractivity contribution in [2.75, 3.05) is 13.1 Å². The SMILES string of the molecule is CCCCNC/C(C#N)=C/c1ccccc1. The predicted octanol–water partition coefficient (Wildman–Crippen LogP) is 2.98. The Labute approximate surface area is 97.6 Å². The highest BCUT2D eigenvalue weighted by molar-refractivity contribution is 5.57. The Balaban J connectivity index is 2.48. The van der Waals surface area contributed by atoms with Crippen LogP contribution in [0.3, 0.4) is 0 Å². The molecule has 0 amide bonds. The Bertz CT molecular complexity index is 360. The lowest BCUT2D eigenvalue weighted by molar-refractivity contribution is 0.676. The van der Waals surface area contributed by atoms with Crippen molar-refractivity contribution in [3.63, 3.8) is 0 Å². The van der Waals surface area contributed by atoms with Crippen LogP contribution in [-0.2, 0) is 0 Å². The van der Waals surface area contributed by atoms with Crippen LogP contribution in [0, 0.1) is 11.3 Å². The molecular formula is C14H18N2. The monoisotopic (exact) mass is 214 g/mol. The number of hydrogen-bond donors (Lipinski definition) is 1. The maximum atomic E-state index is 8.99. The Morgan fingerprint density at radius 2 is 2.12 bits per heavy atom. The average Bonchev–Trinajstić information content (AvgIpc) is 2.34. The first-order chi connectivity index (χ1) is 7.86. The molecule has 16 heavy (non-hydrogen) atoms. The van der Waals surface area contributed by atoms with Crippen LogP contribution in [0.25, 0.3) is 6.08 Å². The van der Waals surface area contributed by atoms with Gasteiger partial charge in [0.05, 0.1) is 6.07 Å². The van der Waals surface area contributed by atoms with Gasteiger partial charge in [0, 0.05) is 12.1 Å². The van der Waals surface area contributed by atoms with Gasteiger partial charge in [0.25, 0.3) is 0 Å². The molecule has 1 rings (SSSR count). The lowest BCUT2D eigenvalue weighted by Crippen LogP contribution is -2.17. The van der Waals surface area contributed by atoms with Gasteiger partial charge < -0.3 is 5.32 Å². The van der Waals surface area contributed by atoms with E-state index in [4.69, 9.17) is 5.26 Å². The smallest absolute Gasteiger partial charge is 0.0961 e. The zero-order valence-electron chi connectivity index (χ0n) is 9.74. The van der Waals surface area contributed by atoms with Crippen LogP contribution < -0.4 is 5.32 Å². The van der Waals surface area contributed by atoms with Crippen molar-refractivity contribution >= 4 is 6.08 Å². The molecule has 0 aliphatic rings. The van der Waals surface area contributed by atoms with Gasteiger partial charge in [0.1, 0.15) is 0 Å². The van der Waals surface area contributed by atoms with E-state index in [-0.39, 0.29) is 0 Å². The molecule has 0 aromatic heterocycles. The molecule has 0 saturated carbocycles. The van der Waals surface area contributed by atoms with Gasteiger partial charge in [0.15, 0.2) is 0 Å². The third-order valence-corrected chi connectivity index (χ3v) is 2.31. The van der Waals surface area contributed by atoms with E-state index in [0.717, 1.165) is 24.1 Å². The van der Waals surface area contributed by atoms with Gasteiger partial charge in [-0.05, 0) is 24.6 Å². The molecule has 0 aliphatic carbocycles. The summed E-state index contributed by atoms with van der Waals surface area (Å²) in [4.78, 5) is 0. The molecule has 0 radical (unpaired) electrons. The van der Waals surface area contributed by atoms with Gasteiger partial charge in [-0.15, -0.1) is 0 Å². The van der Waals surface area contributed by atoms with Crippen molar-refractivity contribution in [2.45, 2.75) is 19.8 Å². The second-order valence-electron chi connectivity index (χ2n) is 3.72. The van der Waals surface area contributed by atoms with Crippen LogP contribution >= 0.6 is 0 Å². The first kappa shape index (κ1) is 12.5. The molecule has 0 atom stereocenters. The Morgan fingerprint density at radius 3 is 2.75 bits per heavy atom. The Hall–Kier alpha value is -1.59. The zero-order valence-corrected chi connectivity index (χ0v) is 9.74. The minimum atomic E-state index is 0.658. The third-order valence-electron chi connectivity index (χ3n) is 2.31. The number of rotatable bonds is 6. The summed E-state index contributed by atoms with van der Waals surface area (Å²) in [6.45, 7) is 3.79. The average molecular weight is 214 g/mol. The topological polar surface area (TPSA) is 35.8 Å². The number of benzene rings is 1. The first-order valence-corrected chi connectivity index (χ1v) is 5.73. The van der Waals surface area contributed by atoms with Crippen molar-refractivity contribution in [1.29, 1.82) is 5.26 Å². The van der Waals surface area contributed by atoms with Gasteiger partial charge in [-0.1, -0.05) is 43.7 Å². The lowest BCUT2D eigenvalue weighted by Gasteiger charge is -2.02. The molecule has 0 aliphatic heterocycles. The number of nitriles is 1. The third kappa shape index (κ3) is 4.77. The van der Waals surface area contributed by atoms with Crippen molar-refractivity contribution in [2.24, 2.45) is 0 Å². The summed E-state index contributed by atoms with van der Waals surface area (Å²) < 4.78 is 0. The predicted molar refractivity (Wildman–Crippen MR) is 67.8 cm³/mol. The van der Waals surface area contributed by atoms with E-state index in [9.17, 15) is 0 Å². The molecule has 1 N–H and O–H groups in total. The summed E-state index contributed by atoms with van der Waals surface area (Å²) >= 11 is 0. The summed E-state index contributed by atoms with van der Waals surface area (Å²) in [5, 5.41) is 12.3. The number of unbranched alkanes of at least 4 members (excludes halogenated alkanes) is 1. The van der Waals surface area contributed by atoms with E-state index in [2.05, 4.69) is 18.3 Å². The Morgan fingerprint density at radius 1 is 1.38 bits per heavy atom.